The highest BCUT2D eigenvalue weighted by molar-refractivity contribution is 6.36. The van der Waals surface area contributed by atoms with E-state index in [4.69, 9.17) is 26.3 Å². The highest BCUT2D eigenvalue weighted by atomic mass is 35.5. The number of halogens is 1. The summed E-state index contributed by atoms with van der Waals surface area (Å²) in [4.78, 5) is 42.1. The Kier molecular flexibility index (Phi) is 10.4. The Labute approximate surface area is 317 Å². The van der Waals surface area contributed by atoms with Crippen LogP contribution in [0.3, 0.4) is 0 Å². The molecule has 0 bridgehead atoms. The van der Waals surface area contributed by atoms with Crippen molar-refractivity contribution in [3.63, 3.8) is 0 Å². The number of anilines is 2. The number of aromatic nitrogens is 4. The molecule has 1 aliphatic carbocycles. The number of amides is 2. The Hall–Kier alpha value is -4.03. The van der Waals surface area contributed by atoms with Gasteiger partial charge >= 0.3 is 0 Å². The van der Waals surface area contributed by atoms with Crippen LogP contribution in [0.15, 0.2) is 36.4 Å². The molecule has 8 rings (SSSR count). The first-order valence-electron chi connectivity index (χ1n) is 19.4. The summed E-state index contributed by atoms with van der Waals surface area (Å²) in [6.07, 6.45) is 10.5. The lowest BCUT2D eigenvalue weighted by molar-refractivity contribution is 0.0283. The van der Waals surface area contributed by atoms with E-state index in [0.717, 1.165) is 117 Å². The minimum absolute atomic E-state index is 0.248. The summed E-state index contributed by atoms with van der Waals surface area (Å²) in [5.41, 5.74) is 7.91. The molecule has 2 N–H and O–H groups in total. The number of benzene rings is 2. The molecule has 4 aliphatic rings. The molecule has 0 unspecified atom stereocenters. The average molecular weight is 739 g/mol. The third-order valence-electron chi connectivity index (χ3n) is 12.1. The third kappa shape index (κ3) is 7.28. The number of carbonyl (C=O) groups excluding carboxylic acids is 2. The van der Waals surface area contributed by atoms with Crippen molar-refractivity contribution in [1.82, 2.24) is 28.9 Å². The summed E-state index contributed by atoms with van der Waals surface area (Å²) >= 11 is 7.04. The van der Waals surface area contributed by atoms with E-state index < -0.39 is 0 Å². The summed E-state index contributed by atoms with van der Waals surface area (Å²) in [6.45, 7) is 8.19. The van der Waals surface area contributed by atoms with Gasteiger partial charge in [0.15, 0.2) is 11.6 Å². The van der Waals surface area contributed by atoms with Crippen LogP contribution >= 0.6 is 11.6 Å². The van der Waals surface area contributed by atoms with E-state index in [1.165, 1.54) is 32.1 Å². The Bertz CT molecular complexity index is 2010. The van der Waals surface area contributed by atoms with Crippen LogP contribution in [0, 0.1) is 12.8 Å². The molecule has 3 aliphatic heterocycles. The van der Waals surface area contributed by atoms with E-state index in [1.807, 2.05) is 66.6 Å². The van der Waals surface area contributed by atoms with Crippen LogP contribution < -0.4 is 10.6 Å². The first-order chi connectivity index (χ1) is 25.7. The van der Waals surface area contributed by atoms with Crippen molar-refractivity contribution in [3.8, 4) is 11.1 Å². The fourth-order valence-corrected chi connectivity index (χ4v) is 9.32. The van der Waals surface area contributed by atoms with E-state index >= 15 is 0 Å². The molecule has 5 heterocycles. The number of carbonyl (C=O) groups is 2. The first-order valence-corrected chi connectivity index (χ1v) is 19.8. The van der Waals surface area contributed by atoms with Crippen LogP contribution in [-0.2, 0) is 44.8 Å². The van der Waals surface area contributed by atoms with Crippen LogP contribution in [0.1, 0.15) is 94.5 Å². The van der Waals surface area contributed by atoms with Crippen LogP contribution in [0.25, 0.3) is 11.1 Å². The molecule has 2 amide bonds. The van der Waals surface area contributed by atoms with Gasteiger partial charge in [0.05, 0.1) is 22.1 Å². The minimum atomic E-state index is -0.286. The molecule has 1 saturated carbocycles. The van der Waals surface area contributed by atoms with E-state index in [-0.39, 0.29) is 11.8 Å². The second kappa shape index (κ2) is 15.4. The predicted molar refractivity (Wildman–Crippen MR) is 207 cm³/mol. The van der Waals surface area contributed by atoms with Crippen LogP contribution in [0.4, 0.5) is 11.4 Å². The summed E-state index contributed by atoms with van der Waals surface area (Å²) in [6, 6.07) is 11.9. The highest BCUT2D eigenvalue weighted by Crippen LogP contribution is 2.38. The van der Waals surface area contributed by atoms with Gasteiger partial charge in [0.1, 0.15) is 0 Å². The van der Waals surface area contributed by atoms with E-state index in [2.05, 4.69) is 20.4 Å². The lowest BCUT2D eigenvalue weighted by Gasteiger charge is -2.36. The second-order valence-electron chi connectivity index (χ2n) is 15.4. The Morgan fingerprint density at radius 1 is 0.792 bits per heavy atom. The van der Waals surface area contributed by atoms with Crippen molar-refractivity contribution < 1.29 is 14.3 Å². The van der Waals surface area contributed by atoms with Crippen molar-refractivity contribution in [1.29, 1.82) is 0 Å². The first kappa shape index (κ1) is 36.0. The number of fused-ring (bicyclic) bond motifs is 2. The number of hydrogen-bond acceptors (Lipinski definition) is 7. The lowest BCUT2D eigenvalue weighted by Crippen LogP contribution is -2.42. The van der Waals surface area contributed by atoms with Gasteiger partial charge in [-0.05, 0) is 61.8 Å². The van der Waals surface area contributed by atoms with Gasteiger partial charge in [-0.3, -0.25) is 19.4 Å². The van der Waals surface area contributed by atoms with Crippen molar-refractivity contribution in [2.45, 2.75) is 83.8 Å². The highest BCUT2D eigenvalue weighted by Gasteiger charge is 2.31. The maximum atomic E-state index is 13.7. The standard InChI is InChI=1S/C41H51ClN8O3/c1-26-29(11-7-13-31(26)45-40(51)38-44-34-25-50(20-16-36(34)48(38)3)28-17-21-53-22-18-28)30-12-8-14-32(37(30)42)46-41(52)39-43-33-24-49(19-15-35(33)47(39)2)23-27-9-5-4-6-10-27/h7-8,11-14,27-28H,4-6,9-10,15-25H2,1-3H3,(H,45,51)(H,46,52). The molecule has 2 aromatic carbocycles. The molecule has 4 aromatic rings. The summed E-state index contributed by atoms with van der Waals surface area (Å²) < 4.78 is 9.46. The molecule has 2 aromatic heterocycles. The molecule has 1 saturated heterocycles. The topological polar surface area (TPSA) is 110 Å². The van der Waals surface area contributed by atoms with Crippen LogP contribution in [-0.4, -0.2) is 79.6 Å². The molecule has 0 spiro atoms. The zero-order valence-corrected chi connectivity index (χ0v) is 32.0. The quantitative estimate of drug-likeness (QED) is 0.206. The average Bonchev–Trinajstić information content (AvgIpc) is 3.69. The van der Waals surface area contributed by atoms with Gasteiger partial charge in [-0.25, -0.2) is 9.97 Å². The molecular weight excluding hydrogens is 688 g/mol. The number of ether oxygens (including phenoxy) is 1. The Morgan fingerprint density at radius 3 is 2.09 bits per heavy atom. The number of hydrogen-bond donors (Lipinski definition) is 2. The molecule has 0 radical (unpaired) electrons. The van der Waals surface area contributed by atoms with E-state index in [0.29, 0.717) is 34.1 Å². The fourth-order valence-electron chi connectivity index (χ4n) is 9.05. The number of rotatable bonds is 8. The van der Waals surface area contributed by atoms with Crippen molar-refractivity contribution >= 4 is 34.8 Å². The van der Waals surface area contributed by atoms with Gasteiger partial charge in [-0.1, -0.05) is 55.1 Å². The van der Waals surface area contributed by atoms with Crippen molar-refractivity contribution in [3.05, 3.63) is 81.4 Å². The summed E-state index contributed by atoms with van der Waals surface area (Å²) in [7, 11) is 3.86. The third-order valence-corrected chi connectivity index (χ3v) is 12.5. The van der Waals surface area contributed by atoms with Crippen molar-refractivity contribution in [2.75, 3.05) is 43.5 Å². The van der Waals surface area contributed by atoms with Gasteiger partial charge in [0.25, 0.3) is 11.8 Å². The molecule has 280 valence electrons. The van der Waals surface area contributed by atoms with Gasteiger partial charge in [-0.15, -0.1) is 0 Å². The molecule has 12 heteroatoms. The maximum Gasteiger partial charge on any atom is 0.291 e. The van der Waals surface area contributed by atoms with Gasteiger partial charge < -0.3 is 24.5 Å². The summed E-state index contributed by atoms with van der Waals surface area (Å²) in [5, 5.41) is 6.60. The van der Waals surface area contributed by atoms with Gasteiger partial charge in [-0.2, -0.15) is 0 Å². The van der Waals surface area contributed by atoms with Crippen LogP contribution in [0.2, 0.25) is 5.02 Å². The zero-order chi connectivity index (χ0) is 36.6. The lowest BCUT2D eigenvalue weighted by atomic mass is 9.88. The Morgan fingerprint density at radius 2 is 1.40 bits per heavy atom. The predicted octanol–water partition coefficient (Wildman–Crippen LogP) is 6.76. The summed E-state index contributed by atoms with van der Waals surface area (Å²) in [5.74, 6) is 1.04. The molecule has 0 atom stereocenters. The second-order valence-corrected chi connectivity index (χ2v) is 15.8. The zero-order valence-electron chi connectivity index (χ0n) is 31.2. The minimum Gasteiger partial charge on any atom is -0.381 e. The molecule has 11 nitrogen and oxygen atoms in total. The number of imidazole rings is 2. The van der Waals surface area contributed by atoms with Crippen molar-refractivity contribution in [2.24, 2.45) is 20.0 Å². The number of nitrogens with zero attached hydrogens (tertiary/aromatic N) is 6. The van der Waals surface area contributed by atoms with Gasteiger partial charge in [0.2, 0.25) is 0 Å². The SMILES string of the molecule is Cc1c(NC(=O)c2nc3c(n2C)CCN(C2CCOCC2)C3)cccc1-c1cccc(NC(=O)c2nc3c(n2C)CCN(CC2CCCCC2)C3)c1Cl. The maximum absolute atomic E-state index is 13.7. The molecule has 2 fully saturated rings. The van der Waals surface area contributed by atoms with Gasteiger partial charge in [0, 0.05) is 102 Å². The smallest absolute Gasteiger partial charge is 0.291 e. The fraction of sp³-hybridized carbons (Fsp3) is 0.512. The molecule has 53 heavy (non-hydrogen) atoms. The Balaban J connectivity index is 0.960. The monoisotopic (exact) mass is 738 g/mol. The van der Waals surface area contributed by atoms with Crippen LogP contribution in [0.5, 0.6) is 0 Å². The van der Waals surface area contributed by atoms with E-state index in [1.54, 1.807) is 0 Å². The van der Waals surface area contributed by atoms with E-state index in [9.17, 15) is 9.59 Å². The molecular formula is C41H51ClN8O3. The number of nitrogens with one attached hydrogen (secondary N) is 2. The largest absolute Gasteiger partial charge is 0.381 e. The normalized spacial score (nSPS) is 18.8.